The highest BCUT2D eigenvalue weighted by Crippen LogP contribution is 2.27. The molecule has 17 heavy (non-hydrogen) atoms. The fraction of sp³-hybridized carbons (Fsp3) is 0.833. The lowest BCUT2D eigenvalue weighted by Crippen LogP contribution is -2.40. The fourth-order valence-corrected chi connectivity index (χ4v) is 2.63. The molecule has 2 N–H and O–H groups in total. The minimum absolute atomic E-state index is 0.0241. The molecule has 1 unspecified atom stereocenters. The number of nitrogens with zero attached hydrogens (tertiary/aromatic N) is 1. The Hall–Kier alpha value is -1.10. The van der Waals surface area contributed by atoms with Crippen LogP contribution in [0.25, 0.3) is 0 Å². The summed E-state index contributed by atoms with van der Waals surface area (Å²) in [4.78, 5) is 15.9. The van der Waals surface area contributed by atoms with Gasteiger partial charge in [-0.3, -0.25) is 10.1 Å². The molecule has 1 heterocycles. The van der Waals surface area contributed by atoms with Crippen LogP contribution in [-0.2, 0) is 9.63 Å². The van der Waals surface area contributed by atoms with E-state index in [1.807, 2.05) is 6.92 Å². The molecule has 1 aliphatic heterocycles. The topological polar surface area (TPSA) is 70.9 Å². The van der Waals surface area contributed by atoms with Crippen LogP contribution >= 0.6 is 0 Å². The second kappa shape index (κ2) is 5.49. The summed E-state index contributed by atoms with van der Waals surface area (Å²) in [5, 5.41) is 16.1. The molecule has 0 spiro atoms. The monoisotopic (exact) mass is 240 g/mol. The molecule has 5 heteroatoms. The number of aliphatic carboxylic acids is 1. The Balaban J connectivity index is 1.67. The summed E-state index contributed by atoms with van der Waals surface area (Å²) in [6.07, 6.45) is 5.26. The summed E-state index contributed by atoms with van der Waals surface area (Å²) in [5.41, 5.74) is 1.03. The zero-order valence-corrected chi connectivity index (χ0v) is 10.2. The molecule has 0 amide bonds. The van der Waals surface area contributed by atoms with E-state index in [2.05, 4.69) is 10.5 Å². The molecule has 2 aliphatic rings. The number of carbonyl (C=O) groups is 1. The maximum Gasteiger partial charge on any atom is 0.303 e. The van der Waals surface area contributed by atoms with E-state index in [4.69, 9.17) is 9.94 Å². The Labute approximate surface area is 101 Å². The van der Waals surface area contributed by atoms with E-state index in [-0.39, 0.29) is 6.23 Å². The second-order valence-electron chi connectivity index (χ2n) is 5.11. The lowest BCUT2D eigenvalue weighted by molar-refractivity contribution is -0.138. The first kappa shape index (κ1) is 12.4. The third-order valence-corrected chi connectivity index (χ3v) is 3.55. The molecule has 1 atom stereocenters. The molecule has 0 bridgehead atoms. The number of carboxylic acid groups (broad SMARTS) is 1. The van der Waals surface area contributed by atoms with E-state index in [9.17, 15) is 4.79 Å². The largest absolute Gasteiger partial charge is 0.481 e. The summed E-state index contributed by atoms with van der Waals surface area (Å²) in [7, 11) is 0. The van der Waals surface area contributed by atoms with Crippen LogP contribution in [0.15, 0.2) is 5.16 Å². The van der Waals surface area contributed by atoms with Gasteiger partial charge in [0, 0.05) is 18.9 Å². The van der Waals surface area contributed by atoms with E-state index < -0.39 is 5.97 Å². The van der Waals surface area contributed by atoms with Gasteiger partial charge in [0.05, 0.1) is 5.71 Å². The molecular weight excluding hydrogens is 220 g/mol. The Morgan fingerprint density at radius 1 is 1.47 bits per heavy atom. The molecule has 1 saturated carbocycles. The third-order valence-electron chi connectivity index (χ3n) is 3.55. The van der Waals surface area contributed by atoms with Gasteiger partial charge in [0.2, 0.25) is 0 Å². The minimum Gasteiger partial charge on any atom is -0.481 e. The lowest BCUT2D eigenvalue weighted by atomic mass is 9.84. The predicted molar refractivity (Wildman–Crippen MR) is 63.7 cm³/mol. The average Bonchev–Trinajstić information content (AvgIpc) is 2.66. The molecule has 2 rings (SSSR count). The molecule has 1 aliphatic carbocycles. The van der Waals surface area contributed by atoms with E-state index >= 15 is 0 Å². The van der Waals surface area contributed by atoms with Gasteiger partial charge in [0.25, 0.3) is 0 Å². The summed E-state index contributed by atoms with van der Waals surface area (Å²) in [5.74, 6) is -0.322. The fourth-order valence-electron chi connectivity index (χ4n) is 2.63. The van der Waals surface area contributed by atoms with Gasteiger partial charge in [-0.25, -0.2) is 0 Å². The zero-order chi connectivity index (χ0) is 12.3. The van der Waals surface area contributed by atoms with Crippen molar-refractivity contribution in [3.8, 4) is 0 Å². The first-order valence-corrected chi connectivity index (χ1v) is 6.30. The van der Waals surface area contributed by atoms with Gasteiger partial charge in [-0.05, 0) is 38.5 Å². The Morgan fingerprint density at radius 3 is 2.71 bits per heavy atom. The highest BCUT2D eigenvalue weighted by molar-refractivity contribution is 5.82. The van der Waals surface area contributed by atoms with Gasteiger partial charge in [-0.15, -0.1) is 0 Å². The van der Waals surface area contributed by atoms with Crippen molar-refractivity contribution in [1.29, 1.82) is 0 Å². The normalized spacial score (nSPS) is 33.0. The molecule has 0 aromatic rings. The molecule has 0 aromatic heterocycles. The van der Waals surface area contributed by atoms with Crippen LogP contribution in [0.3, 0.4) is 0 Å². The third kappa shape index (κ3) is 3.70. The number of nitrogens with one attached hydrogen (secondary N) is 1. The van der Waals surface area contributed by atoms with Gasteiger partial charge in [0.15, 0.2) is 6.23 Å². The maximum atomic E-state index is 10.6. The van der Waals surface area contributed by atoms with Crippen molar-refractivity contribution in [2.45, 2.75) is 57.7 Å². The van der Waals surface area contributed by atoms with Gasteiger partial charge >= 0.3 is 5.97 Å². The van der Waals surface area contributed by atoms with E-state index in [0.717, 1.165) is 37.8 Å². The van der Waals surface area contributed by atoms with Crippen molar-refractivity contribution in [1.82, 2.24) is 5.32 Å². The van der Waals surface area contributed by atoms with Crippen LogP contribution in [0, 0.1) is 5.92 Å². The van der Waals surface area contributed by atoms with Crippen molar-refractivity contribution in [3.05, 3.63) is 0 Å². The van der Waals surface area contributed by atoms with Gasteiger partial charge in [-0.2, -0.15) is 0 Å². The maximum absolute atomic E-state index is 10.6. The molecule has 0 aromatic carbocycles. The molecule has 96 valence electrons. The van der Waals surface area contributed by atoms with Crippen molar-refractivity contribution in [3.63, 3.8) is 0 Å². The van der Waals surface area contributed by atoms with Crippen LogP contribution in [0.2, 0.25) is 0 Å². The number of oxime groups is 1. The number of hydrogen-bond donors (Lipinski definition) is 2. The quantitative estimate of drug-likeness (QED) is 0.785. The summed E-state index contributed by atoms with van der Waals surface area (Å²) < 4.78 is 0. The lowest BCUT2D eigenvalue weighted by Gasteiger charge is -2.29. The Bertz CT molecular complexity index is 309. The summed E-state index contributed by atoms with van der Waals surface area (Å²) >= 11 is 0. The predicted octanol–water partition coefficient (Wildman–Crippen LogP) is 1.73. The van der Waals surface area contributed by atoms with Crippen molar-refractivity contribution in [2.75, 3.05) is 0 Å². The molecule has 0 radical (unpaired) electrons. The smallest absolute Gasteiger partial charge is 0.303 e. The number of hydrogen-bond acceptors (Lipinski definition) is 4. The van der Waals surface area contributed by atoms with Crippen LogP contribution in [-0.4, -0.2) is 29.1 Å². The zero-order valence-electron chi connectivity index (χ0n) is 10.2. The molecule has 5 nitrogen and oxygen atoms in total. The van der Waals surface area contributed by atoms with Gasteiger partial charge in [0.1, 0.15) is 0 Å². The van der Waals surface area contributed by atoms with Crippen LogP contribution < -0.4 is 5.32 Å². The molecule has 0 saturated heterocycles. The van der Waals surface area contributed by atoms with E-state index in [1.165, 1.54) is 0 Å². The summed E-state index contributed by atoms with van der Waals surface area (Å²) in [6, 6.07) is 0.450. The van der Waals surface area contributed by atoms with Crippen LogP contribution in [0.5, 0.6) is 0 Å². The Morgan fingerprint density at radius 2 is 2.18 bits per heavy atom. The van der Waals surface area contributed by atoms with Crippen LogP contribution in [0.1, 0.15) is 45.4 Å². The highest BCUT2D eigenvalue weighted by atomic mass is 16.7. The van der Waals surface area contributed by atoms with Gasteiger partial charge < -0.3 is 9.94 Å². The van der Waals surface area contributed by atoms with Crippen molar-refractivity contribution < 1.29 is 14.7 Å². The van der Waals surface area contributed by atoms with Crippen molar-refractivity contribution >= 4 is 11.7 Å². The molecule has 1 fully saturated rings. The number of carboxylic acids is 1. The molecular formula is C12H20N2O3. The van der Waals surface area contributed by atoms with Crippen LogP contribution in [0.4, 0.5) is 0 Å². The minimum atomic E-state index is -0.676. The first-order valence-electron chi connectivity index (χ1n) is 6.30. The van der Waals surface area contributed by atoms with E-state index in [0.29, 0.717) is 18.4 Å². The standard InChI is InChI=1S/C12H20N2O3/c1-8-6-11(17-14-8)13-10-4-2-9(3-5-10)7-12(15)16/h9-11,13H,2-7H2,1H3,(H,15,16). The van der Waals surface area contributed by atoms with Crippen molar-refractivity contribution in [2.24, 2.45) is 11.1 Å². The average molecular weight is 240 g/mol. The second-order valence-corrected chi connectivity index (χ2v) is 5.11. The highest BCUT2D eigenvalue weighted by Gasteiger charge is 2.26. The van der Waals surface area contributed by atoms with Gasteiger partial charge in [-0.1, -0.05) is 5.16 Å². The van der Waals surface area contributed by atoms with E-state index in [1.54, 1.807) is 0 Å². The Kier molecular flexibility index (Phi) is 3.99. The summed E-state index contributed by atoms with van der Waals surface area (Å²) in [6.45, 7) is 1.96. The number of rotatable bonds is 4. The SMILES string of the molecule is CC1=NOC(NC2CCC(CC(=O)O)CC2)C1. The first-order chi connectivity index (χ1) is 8.13.